The molecule has 0 atom stereocenters. The Balaban J connectivity index is 1.49. The molecule has 4 rings (SSSR count). The molecular formula is C33H36N2O7S2. The number of nitrogens with one attached hydrogen (secondary N) is 2. The van der Waals surface area contributed by atoms with E-state index < -0.39 is 26.3 Å². The van der Waals surface area contributed by atoms with Crippen molar-refractivity contribution in [1.29, 1.82) is 0 Å². The van der Waals surface area contributed by atoms with E-state index in [4.69, 9.17) is 8.37 Å². The van der Waals surface area contributed by atoms with Crippen molar-refractivity contribution in [3.05, 3.63) is 108 Å². The van der Waals surface area contributed by atoms with Crippen molar-refractivity contribution in [2.45, 2.75) is 62.2 Å². The summed E-state index contributed by atoms with van der Waals surface area (Å²) in [4.78, 5) is 12.9. The normalized spacial score (nSPS) is 12.3. The van der Waals surface area contributed by atoms with Gasteiger partial charge in [-0.25, -0.2) is 4.79 Å². The summed E-state index contributed by atoms with van der Waals surface area (Å²) in [5.41, 5.74) is 1.77. The molecule has 0 aliphatic heterocycles. The van der Waals surface area contributed by atoms with Gasteiger partial charge in [-0.3, -0.25) is 0 Å². The fourth-order valence-corrected chi connectivity index (χ4v) is 6.03. The Kier molecular flexibility index (Phi) is 9.13. The lowest BCUT2D eigenvalue weighted by atomic mass is 9.87. The summed E-state index contributed by atoms with van der Waals surface area (Å²) < 4.78 is 62.9. The standard InChI is InChI=1S/C33H36N2O7S2/c1-32(2,3)23-15-19-25(20-16-23)43(37,38)41-29-13-9-7-11-27(29)34-31(36)35-28-12-8-10-14-30(28)42-44(39,40)26-21-17-24(18-22-26)33(4,5)6/h7-22H,1-6H3,(H2,34,35,36). The zero-order chi connectivity index (χ0) is 32.3. The van der Waals surface area contributed by atoms with Crippen LogP contribution in [0.1, 0.15) is 52.7 Å². The van der Waals surface area contributed by atoms with Gasteiger partial charge in [0.1, 0.15) is 9.79 Å². The molecule has 0 fully saturated rings. The molecular weight excluding hydrogens is 601 g/mol. The molecule has 0 unspecified atom stereocenters. The summed E-state index contributed by atoms with van der Waals surface area (Å²) in [6.45, 7) is 12.1. The highest BCUT2D eigenvalue weighted by Crippen LogP contribution is 2.31. The molecule has 4 aromatic carbocycles. The first-order chi connectivity index (χ1) is 20.5. The van der Waals surface area contributed by atoms with Gasteiger partial charge in [-0.15, -0.1) is 0 Å². The average Bonchev–Trinajstić information content (AvgIpc) is 2.94. The van der Waals surface area contributed by atoms with E-state index in [0.717, 1.165) is 11.1 Å². The van der Waals surface area contributed by atoms with Crippen molar-refractivity contribution in [1.82, 2.24) is 0 Å². The monoisotopic (exact) mass is 636 g/mol. The molecule has 232 valence electrons. The number of urea groups is 1. The number of carbonyl (C=O) groups excluding carboxylic acids is 1. The molecule has 11 heteroatoms. The third-order valence-corrected chi connectivity index (χ3v) is 9.18. The molecule has 0 bridgehead atoms. The fourth-order valence-electron chi connectivity index (χ4n) is 4.14. The van der Waals surface area contributed by atoms with Crippen molar-refractivity contribution in [3.8, 4) is 11.5 Å². The summed E-state index contributed by atoms with van der Waals surface area (Å²) in [6.07, 6.45) is 0. The van der Waals surface area contributed by atoms with E-state index in [1.54, 1.807) is 48.5 Å². The van der Waals surface area contributed by atoms with Crippen LogP contribution in [-0.4, -0.2) is 22.9 Å². The molecule has 0 aliphatic carbocycles. The van der Waals surface area contributed by atoms with E-state index in [-0.39, 0.29) is 43.5 Å². The number of carbonyl (C=O) groups is 1. The van der Waals surface area contributed by atoms with Crippen LogP contribution in [0.3, 0.4) is 0 Å². The molecule has 0 saturated carbocycles. The molecule has 0 spiro atoms. The Morgan fingerprint density at radius 3 is 1.16 bits per heavy atom. The Labute approximate surface area is 259 Å². The van der Waals surface area contributed by atoms with Crippen LogP contribution < -0.4 is 19.0 Å². The van der Waals surface area contributed by atoms with Crippen molar-refractivity contribution in [3.63, 3.8) is 0 Å². The molecule has 0 radical (unpaired) electrons. The van der Waals surface area contributed by atoms with Crippen LogP contribution in [0.2, 0.25) is 0 Å². The van der Waals surface area contributed by atoms with Gasteiger partial charge in [-0.2, -0.15) is 16.8 Å². The number of hydrogen-bond donors (Lipinski definition) is 2. The minimum atomic E-state index is -4.22. The SMILES string of the molecule is CC(C)(C)c1ccc(S(=O)(=O)Oc2ccccc2NC(=O)Nc2ccccc2OS(=O)(=O)c2ccc(C(C)(C)C)cc2)cc1. The zero-order valence-corrected chi connectivity index (χ0v) is 27.0. The molecule has 44 heavy (non-hydrogen) atoms. The number of para-hydroxylation sites is 4. The second kappa shape index (κ2) is 12.3. The molecule has 9 nitrogen and oxygen atoms in total. The Morgan fingerprint density at radius 1 is 0.523 bits per heavy atom. The highest BCUT2D eigenvalue weighted by molar-refractivity contribution is 7.87. The van der Waals surface area contributed by atoms with Gasteiger partial charge in [0.2, 0.25) is 0 Å². The predicted molar refractivity (Wildman–Crippen MR) is 171 cm³/mol. The smallest absolute Gasteiger partial charge is 0.339 e. The third kappa shape index (κ3) is 7.97. The maximum Gasteiger partial charge on any atom is 0.339 e. The van der Waals surface area contributed by atoms with Crippen LogP contribution in [0.25, 0.3) is 0 Å². The van der Waals surface area contributed by atoms with Crippen molar-refractivity contribution < 1.29 is 30.0 Å². The number of benzene rings is 4. The van der Waals surface area contributed by atoms with Gasteiger partial charge in [0.15, 0.2) is 11.5 Å². The van der Waals surface area contributed by atoms with Gasteiger partial charge in [0.05, 0.1) is 11.4 Å². The van der Waals surface area contributed by atoms with Crippen molar-refractivity contribution >= 4 is 37.6 Å². The van der Waals surface area contributed by atoms with E-state index >= 15 is 0 Å². The third-order valence-electron chi connectivity index (χ3n) is 6.69. The molecule has 4 aromatic rings. The van der Waals surface area contributed by atoms with Crippen LogP contribution in [0.4, 0.5) is 16.2 Å². The van der Waals surface area contributed by atoms with Crippen molar-refractivity contribution in [2.75, 3.05) is 10.6 Å². The molecule has 2 amide bonds. The lowest BCUT2D eigenvalue weighted by Crippen LogP contribution is -2.21. The fraction of sp³-hybridized carbons (Fsp3) is 0.242. The van der Waals surface area contributed by atoms with E-state index in [1.165, 1.54) is 48.5 Å². The van der Waals surface area contributed by atoms with Crippen LogP contribution in [-0.2, 0) is 31.1 Å². The molecule has 2 N–H and O–H groups in total. The first-order valence-electron chi connectivity index (χ1n) is 13.8. The van der Waals surface area contributed by atoms with Gasteiger partial charge in [-0.05, 0) is 70.5 Å². The minimum Gasteiger partial charge on any atom is -0.377 e. The largest absolute Gasteiger partial charge is 0.377 e. The molecule has 0 aliphatic rings. The first-order valence-corrected chi connectivity index (χ1v) is 16.6. The number of hydrogen-bond acceptors (Lipinski definition) is 7. The number of anilines is 2. The lowest BCUT2D eigenvalue weighted by Gasteiger charge is -2.19. The van der Waals surface area contributed by atoms with Crippen molar-refractivity contribution in [2.24, 2.45) is 0 Å². The first kappa shape index (κ1) is 32.6. The van der Waals surface area contributed by atoms with E-state index in [1.807, 2.05) is 41.5 Å². The second-order valence-corrected chi connectivity index (χ2v) is 15.3. The summed E-state index contributed by atoms with van der Waals surface area (Å²) in [7, 11) is -8.43. The van der Waals surface area contributed by atoms with Crippen LogP contribution >= 0.6 is 0 Å². The highest BCUT2D eigenvalue weighted by atomic mass is 32.2. The van der Waals surface area contributed by atoms with E-state index in [2.05, 4.69) is 10.6 Å². The molecule has 0 saturated heterocycles. The maximum atomic E-state index is 13.0. The topological polar surface area (TPSA) is 128 Å². The molecule has 0 heterocycles. The number of rotatable bonds is 8. The van der Waals surface area contributed by atoms with Crippen LogP contribution in [0.15, 0.2) is 107 Å². The Hall–Kier alpha value is -4.35. The van der Waals surface area contributed by atoms with Gasteiger partial charge < -0.3 is 19.0 Å². The average molecular weight is 637 g/mol. The van der Waals surface area contributed by atoms with E-state index in [9.17, 15) is 21.6 Å². The summed E-state index contributed by atoms with van der Waals surface area (Å²) in [6, 6.07) is 24.1. The maximum absolute atomic E-state index is 13.0. The molecule has 0 aromatic heterocycles. The zero-order valence-electron chi connectivity index (χ0n) is 25.4. The highest BCUT2D eigenvalue weighted by Gasteiger charge is 2.23. The summed E-state index contributed by atoms with van der Waals surface area (Å²) >= 11 is 0. The van der Waals surface area contributed by atoms with Crippen LogP contribution in [0, 0.1) is 0 Å². The lowest BCUT2D eigenvalue weighted by molar-refractivity contribution is 0.262. The van der Waals surface area contributed by atoms with E-state index in [0.29, 0.717) is 0 Å². The van der Waals surface area contributed by atoms with Gasteiger partial charge in [-0.1, -0.05) is 90.1 Å². The Bertz CT molecular complexity index is 1720. The second-order valence-electron chi connectivity index (χ2n) is 12.2. The summed E-state index contributed by atoms with van der Waals surface area (Å²) in [5, 5.41) is 5.12. The quantitative estimate of drug-likeness (QED) is 0.192. The van der Waals surface area contributed by atoms with Gasteiger partial charge >= 0.3 is 26.3 Å². The Morgan fingerprint density at radius 2 is 0.841 bits per heavy atom. The number of amides is 2. The van der Waals surface area contributed by atoms with Gasteiger partial charge in [0, 0.05) is 0 Å². The van der Waals surface area contributed by atoms with Crippen LogP contribution in [0.5, 0.6) is 11.5 Å². The predicted octanol–water partition coefficient (Wildman–Crippen LogP) is 7.46. The minimum absolute atomic E-state index is 0.0370. The summed E-state index contributed by atoms with van der Waals surface area (Å²) in [5.74, 6) is -0.207. The van der Waals surface area contributed by atoms with Gasteiger partial charge in [0.25, 0.3) is 0 Å².